The predicted octanol–water partition coefficient (Wildman–Crippen LogP) is 5.21. The first-order valence-corrected chi connectivity index (χ1v) is 9.02. The molecule has 2 nitrogen and oxygen atoms in total. The van der Waals surface area contributed by atoms with Crippen molar-refractivity contribution in [3.05, 3.63) is 0 Å². The molecule has 0 aromatic heterocycles. The van der Waals surface area contributed by atoms with E-state index in [2.05, 4.69) is 13.8 Å². The largest absolute Gasteiger partial charge is 0.381 e. The molecule has 1 fully saturated rings. The van der Waals surface area contributed by atoms with Gasteiger partial charge in [0.15, 0.2) is 0 Å². The van der Waals surface area contributed by atoms with Crippen LogP contribution in [0.15, 0.2) is 0 Å². The summed E-state index contributed by atoms with van der Waals surface area (Å²) in [6.07, 6.45) is 13.9. The van der Waals surface area contributed by atoms with Gasteiger partial charge in [0, 0.05) is 12.5 Å². The highest BCUT2D eigenvalue weighted by molar-refractivity contribution is 4.64. The first-order valence-electron chi connectivity index (χ1n) is 9.02. The van der Waals surface area contributed by atoms with Crippen LogP contribution in [0.5, 0.6) is 0 Å². The van der Waals surface area contributed by atoms with Gasteiger partial charge in [0.25, 0.3) is 0 Å². The van der Waals surface area contributed by atoms with Crippen LogP contribution in [0.1, 0.15) is 78.1 Å². The summed E-state index contributed by atoms with van der Waals surface area (Å²) in [5.74, 6) is 1.56. The summed E-state index contributed by atoms with van der Waals surface area (Å²) in [5, 5.41) is 0. The Morgan fingerprint density at radius 1 is 0.950 bits per heavy atom. The molecule has 1 aliphatic rings. The van der Waals surface area contributed by atoms with Gasteiger partial charge >= 0.3 is 0 Å². The quantitative estimate of drug-likeness (QED) is 0.408. The molecule has 2 heteroatoms. The van der Waals surface area contributed by atoms with Gasteiger partial charge in [-0.15, -0.1) is 0 Å². The zero-order valence-corrected chi connectivity index (χ0v) is 13.9. The van der Waals surface area contributed by atoms with E-state index in [1.165, 1.54) is 64.2 Å². The molecular weight excluding hydrogens is 248 g/mol. The highest BCUT2D eigenvalue weighted by Crippen LogP contribution is 2.19. The van der Waals surface area contributed by atoms with Gasteiger partial charge in [-0.25, -0.2) is 0 Å². The SMILES string of the molecule is CCCCCCCCCC(CC)CCOCC1COC1. The smallest absolute Gasteiger partial charge is 0.0538 e. The van der Waals surface area contributed by atoms with Crippen molar-refractivity contribution in [1.29, 1.82) is 0 Å². The van der Waals surface area contributed by atoms with E-state index >= 15 is 0 Å². The topological polar surface area (TPSA) is 18.5 Å². The second-order valence-corrected chi connectivity index (χ2v) is 6.45. The first-order chi connectivity index (χ1) is 9.86. The van der Waals surface area contributed by atoms with Crippen molar-refractivity contribution in [2.45, 2.75) is 78.1 Å². The monoisotopic (exact) mass is 284 g/mol. The van der Waals surface area contributed by atoms with E-state index < -0.39 is 0 Å². The van der Waals surface area contributed by atoms with E-state index in [4.69, 9.17) is 9.47 Å². The number of unbranched alkanes of at least 4 members (excludes halogenated alkanes) is 6. The van der Waals surface area contributed by atoms with E-state index in [-0.39, 0.29) is 0 Å². The summed E-state index contributed by atoms with van der Waals surface area (Å²) in [6.45, 7) is 8.29. The second kappa shape index (κ2) is 12.6. The molecule has 0 aromatic rings. The van der Waals surface area contributed by atoms with Gasteiger partial charge in [-0.3, -0.25) is 0 Å². The third-order valence-corrected chi connectivity index (χ3v) is 4.52. The Balaban J connectivity index is 1.85. The van der Waals surface area contributed by atoms with Crippen LogP contribution in [0, 0.1) is 11.8 Å². The highest BCUT2D eigenvalue weighted by Gasteiger charge is 2.18. The second-order valence-electron chi connectivity index (χ2n) is 6.45. The molecule has 1 aliphatic heterocycles. The molecule has 0 amide bonds. The lowest BCUT2D eigenvalue weighted by Gasteiger charge is -2.25. The summed E-state index contributed by atoms with van der Waals surface area (Å²) in [7, 11) is 0. The lowest BCUT2D eigenvalue weighted by molar-refractivity contribution is -0.0727. The van der Waals surface area contributed by atoms with Gasteiger partial charge in [-0.05, 0) is 12.3 Å². The zero-order valence-electron chi connectivity index (χ0n) is 13.9. The number of hydrogen-bond acceptors (Lipinski definition) is 2. The number of ether oxygens (including phenoxy) is 2. The van der Waals surface area contributed by atoms with Crippen LogP contribution in [0.2, 0.25) is 0 Å². The van der Waals surface area contributed by atoms with Gasteiger partial charge in [-0.2, -0.15) is 0 Å². The standard InChI is InChI=1S/C18H36O2/c1-3-5-6-7-8-9-10-11-17(4-2)12-13-19-14-18-15-20-16-18/h17-18H,3-16H2,1-2H3. The minimum absolute atomic E-state index is 0.679. The summed E-state index contributed by atoms with van der Waals surface area (Å²) in [4.78, 5) is 0. The average molecular weight is 284 g/mol. The van der Waals surface area contributed by atoms with Crippen LogP contribution < -0.4 is 0 Å². The third kappa shape index (κ3) is 8.97. The molecule has 0 bridgehead atoms. The summed E-state index contributed by atoms with van der Waals surface area (Å²) in [5.41, 5.74) is 0. The molecule has 0 saturated carbocycles. The third-order valence-electron chi connectivity index (χ3n) is 4.52. The molecule has 1 atom stereocenters. The van der Waals surface area contributed by atoms with Crippen molar-refractivity contribution in [3.8, 4) is 0 Å². The van der Waals surface area contributed by atoms with Crippen LogP contribution in [0.25, 0.3) is 0 Å². The Labute approximate surface area is 126 Å². The maximum absolute atomic E-state index is 5.76. The van der Waals surface area contributed by atoms with Crippen molar-refractivity contribution < 1.29 is 9.47 Å². The number of rotatable bonds is 14. The van der Waals surface area contributed by atoms with Gasteiger partial charge in [0.2, 0.25) is 0 Å². The summed E-state index contributed by atoms with van der Waals surface area (Å²) in [6, 6.07) is 0. The molecule has 120 valence electrons. The summed E-state index contributed by atoms with van der Waals surface area (Å²) >= 11 is 0. The fourth-order valence-electron chi connectivity index (χ4n) is 2.82. The van der Waals surface area contributed by atoms with E-state index in [9.17, 15) is 0 Å². The molecule has 1 heterocycles. The minimum atomic E-state index is 0.679. The Kier molecular flexibility index (Phi) is 11.4. The van der Waals surface area contributed by atoms with Crippen LogP contribution in [0.4, 0.5) is 0 Å². The molecular formula is C18H36O2. The van der Waals surface area contributed by atoms with Gasteiger partial charge < -0.3 is 9.47 Å². The van der Waals surface area contributed by atoms with Crippen molar-refractivity contribution in [2.24, 2.45) is 11.8 Å². The molecule has 1 rings (SSSR count). The van der Waals surface area contributed by atoms with E-state index in [1.807, 2.05) is 0 Å². The maximum Gasteiger partial charge on any atom is 0.0538 e. The molecule has 1 saturated heterocycles. The van der Waals surface area contributed by atoms with Gasteiger partial charge in [-0.1, -0.05) is 71.6 Å². The lowest BCUT2D eigenvalue weighted by atomic mass is 9.95. The van der Waals surface area contributed by atoms with Crippen molar-refractivity contribution in [3.63, 3.8) is 0 Å². The Morgan fingerprint density at radius 2 is 1.65 bits per heavy atom. The van der Waals surface area contributed by atoms with E-state index in [0.29, 0.717) is 5.92 Å². The highest BCUT2D eigenvalue weighted by atomic mass is 16.5. The lowest BCUT2D eigenvalue weighted by Crippen LogP contribution is -2.31. The Bertz CT molecular complexity index is 202. The Morgan fingerprint density at radius 3 is 2.25 bits per heavy atom. The molecule has 1 unspecified atom stereocenters. The van der Waals surface area contributed by atoms with Crippen molar-refractivity contribution in [1.82, 2.24) is 0 Å². The van der Waals surface area contributed by atoms with Crippen LogP contribution in [0.3, 0.4) is 0 Å². The van der Waals surface area contributed by atoms with E-state index in [0.717, 1.165) is 32.3 Å². The fraction of sp³-hybridized carbons (Fsp3) is 1.00. The molecule has 0 N–H and O–H groups in total. The summed E-state index contributed by atoms with van der Waals surface area (Å²) < 4.78 is 10.9. The predicted molar refractivity (Wildman–Crippen MR) is 86.1 cm³/mol. The fourth-order valence-corrected chi connectivity index (χ4v) is 2.82. The average Bonchev–Trinajstić information content (AvgIpc) is 2.41. The molecule has 0 aliphatic carbocycles. The van der Waals surface area contributed by atoms with Crippen molar-refractivity contribution in [2.75, 3.05) is 26.4 Å². The van der Waals surface area contributed by atoms with Gasteiger partial charge in [0.05, 0.1) is 19.8 Å². The minimum Gasteiger partial charge on any atom is -0.381 e. The molecule has 0 radical (unpaired) electrons. The van der Waals surface area contributed by atoms with Crippen LogP contribution in [-0.4, -0.2) is 26.4 Å². The zero-order chi connectivity index (χ0) is 14.5. The molecule has 0 spiro atoms. The Hall–Kier alpha value is -0.0800. The van der Waals surface area contributed by atoms with E-state index in [1.54, 1.807) is 0 Å². The maximum atomic E-state index is 5.76. The number of hydrogen-bond donors (Lipinski definition) is 0. The van der Waals surface area contributed by atoms with Crippen LogP contribution >= 0.6 is 0 Å². The van der Waals surface area contributed by atoms with Gasteiger partial charge in [0.1, 0.15) is 0 Å². The van der Waals surface area contributed by atoms with Crippen molar-refractivity contribution >= 4 is 0 Å². The molecule has 20 heavy (non-hydrogen) atoms. The molecule has 0 aromatic carbocycles. The first kappa shape index (κ1) is 18.0. The van der Waals surface area contributed by atoms with Crippen LogP contribution in [-0.2, 0) is 9.47 Å². The normalized spacial score (nSPS) is 17.1.